The van der Waals surface area contributed by atoms with Crippen LogP contribution >= 0.6 is 0 Å². The number of piperidine rings is 1. The monoisotopic (exact) mass is 337 g/mol. The van der Waals surface area contributed by atoms with Crippen LogP contribution in [0.15, 0.2) is 60.7 Å². The van der Waals surface area contributed by atoms with E-state index in [1.807, 2.05) is 60.7 Å². The molecule has 25 heavy (non-hydrogen) atoms. The lowest BCUT2D eigenvalue weighted by Crippen LogP contribution is -2.50. The zero-order valence-electron chi connectivity index (χ0n) is 14.2. The fourth-order valence-corrected chi connectivity index (χ4v) is 3.39. The molecule has 2 atom stereocenters. The van der Waals surface area contributed by atoms with E-state index in [9.17, 15) is 9.59 Å². The number of benzene rings is 2. The maximum atomic E-state index is 12.6. The van der Waals surface area contributed by atoms with Crippen molar-refractivity contribution >= 4 is 12.4 Å². The fourth-order valence-electron chi connectivity index (χ4n) is 3.39. The van der Waals surface area contributed by atoms with Crippen molar-refractivity contribution in [2.24, 2.45) is 5.92 Å². The minimum atomic E-state index is -0.337. The number of amides is 1. The molecular formula is C21H23NO3. The van der Waals surface area contributed by atoms with Gasteiger partial charge in [-0.25, -0.2) is 4.79 Å². The number of nitrogens with zero attached hydrogens (tertiary/aromatic N) is 1. The fraction of sp³-hybridized carbons (Fsp3) is 0.333. The van der Waals surface area contributed by atoms with E-state index in [2.05, 4.69) is 0 Å². The Labute approximate surface area is 148 Å². The summed E-state index contributed by atoms with van der Waals surface area (Å²) in [4.78, 5) is 25.9. The van der Waals surface area contributed by atoms with E-state index in [4.69, 9.17) is 4.74 Å². The third-order valence-corrected chi connectivity index (χ3v) is 4.73. The van der Waals surface area contributed by atoms with Crippen molar-refractivity contribution in [3.8, 4) is 0 Å². The number of hydrogen-bond donors (Lipinski definition) is 0. The van der Waals surface area contributed by atoms with Crippen LogP contribution in [0.4, 0.5) is 4.79 Å². The molecule has 1 aliphatic rings. The molecule has 1 saturated heterocycles. The Balaban J connectivity index is 1.69. The molecule has 0 aromatic heterocycles. The van der Waals surface area contributed by atoms with Gasteiger partial charge in [-0.05, 0) is 30.4 Å². The van der Waals surface area contributed by atoms with Crippen LogP contribution in [0.1, 0.15) is 24.0 Å². The Morgan fingerprint density at radius 3 is 2.32 bits per heavy atom. The Morgan fingerprint density at radius 1 is 1.04 bits per heavy atom. The van der Waals surface area contributed by atoms with Crippen LogP contribution in [0.25, 0.3) is 0 Å². The molecule has 3 rings (SSSR count). The maximum Gasteiger partial charge on any atom is 0.410 e. The summed E-state index contributed by atoms with van der Waals surface area (Å²) in [7, 11) is 0. The second-order valence-electron chi connectivity index (χ2n) is 6.43. The van der Waals surface area contributed by atoms with Crippen molar-refractivity contribution in [3.05, 3.63) is 71.8 Å². The molecule has 0 bridgehead atoms. The van der Waals surface area contributed by atoms with Crippen LogP contribution in [0.2, 0.25) is 0 Å². The molecule has 130 valence electrons. The molecule has 1 amide bonds. The highest BCUT2D eigenvalue weighted by molar-refractivity contribution is 5.69. The predicted octanol–water partition coefficient (Wildman–Crippen LogP) is 3.85. The first-order chi connectivity index (χ1) is 12.3. The first kappa shape index (κ1) is 17.2. The van der Waals surface area contributed by atoms with E-state index in [0.29, 0.717) is 13.0 Å². The predicted molar refractivity (Wildman–Crippen MR) is 96.1 cm³/mol. The summed E-state index contributed by atoms with van der Waals surface area (Å²) in [5.74, 6) is -0.141. The molecule has 0 aliphatic carbocycles. The standard InChI is InChI=1S/C21H23NO3/c23-15-19-12-7-13-22(20(19)14-17-8-3-1-4-9-17)21(24)25-16-18-10-5-2-6-11-18/h1-6,8-11,15,19-20H,7,12-14,16H2/t19-,20-/m1/s1. The Kier molecular flexibility index (Phi) is 5.83. The van der Waals surface area contributed by atoms with Crippen molar-refractivity contribution in [1.82, 2.24) is 4.90 Å². The first-order valence-electron chi connectivity index (χ1n) is 8.74. The Hall–Kier alpha value is -2.62. The van der Waals surface area contributed by atoms with Gasteiger partial charge >= 0.3 is 6.09 Å². The van der Waals surface area contributed by atoms with Gasteiger partial charge in [0.1, 0.15) is 12.9 Å². The van der Waals surface area contributed by atoms with Gasteiger partial charge in [0.2, 0.25) is 0 Å². The van der Waals surface area contributed by atoms with E-state index in [1.54, 1.807) is 4.90 Å². The highest BCUT2D eigenvalue weighted by atomic mass is 16.6. The van der Waals surface area contributed by atoms with Gasteiger partial charge in [0.05, 0.1) is 0 Å². The third kappa shape index (κ3) is 4.47. The zero-order chi connectivity index (χ0) is 17.5. The highest BCUT2D eigenvalue weighted by Gasteiger charge is 2.35. The van der Waals surface area contributed by atoms with E-state index >= 15 is 0 Å². The summed E-state index contributed by atoms with van der Waals surface area (Å²) in [6.45, 7) is 0.884. The van der Waals surface area contributed by atoms with Crippen LogP contribution in [-0.4, -0.2) is 29.9 Å². The smallest absolute Gasteiger partial charge is 0.410 e. The minimum Gasteiger partial charge on any atom is -0.445 e. The van der Waals surface area contributed by atoms with E-state index in [1.165, 1.54) is 0 Å². The van der Waals surface area contributed by atoms with Gasteiger partial charge in [-0.15, -0.1) is 0 Å². The molecule has 2 aromatic carbocycles. The molecule has 0 unspecified atom stereocenters. The number of ether oxygens (including phenoxy) is 1. The third-order valence-electron chi connectivity index (χ3n) is 4.73. The molecule has 4 nitrogen and oxygen atoms in total. The van der Waals surface area contributed by atoms with Crippen LogP contribution in [-0.2, 0) is 22.6 Å². The van der Waals surface area contributed by atoms with Gasteiger partial charge in [-0.2, -0.15) is 0 Å². The average molecular weight is 337 g/mol. The number of carbonyl (C=O) groups excluding carboxylic acids is 2. The maximum absolute atomic E-state index is 12.6. The van der Waals surface area contributed by atoms with Crippen LogP contribution in [0.5, 0.6) is 0 Å². The Bertz CT molecular complexity index is 687. The van der Waals surface area contributed by atoms with E-state index in [0.717, 1.165) is 30.3 Å². The second-order valence-corrected chi connectivity index (χ2v) is 6.43. The van der Waals surface area contributed by atoms with Crippen molar-refractivity contribution in [1.29, 1.82) is 0 Å². The van der Waals surface area contributed by atoms with Crippen molar-refractivity contribution in [3.63, 3.8) is 0 Å². The summed E-state index contributed by atoms with van der Waals surface area (Å²) in [5, 5.41) is 0. The molecule has 2 aromatic rings. The van der Waals surface area contributed by atoms with Gasteiger partial charge in [0.25, 0.3) is 0 Å². The first-order valence-corrected chi connectivity index (χ1v) is 8.74. The SMILES string of the molecule is O=C[C@H]1CCCN(C(=O)OCc2ccccc2)[C@@H]1Cc1ccccc1. The second kappa shape index (κ2) is 8.47. The molecule has 4 heteroatoms. The number of rotatable bonds is 5. The van der Waals surface area contributed by atoms with Crippen LogP contribution in [0, 0.1) is 5.92 Å². The summed E-state index contributed by atoms with van der Waals surface area (Å²) in [6, 6.07) is 19.5. The summed E-state index contributed by atoms with van der Waals surface area (Å²) >= 11 is 0. The normalized spacial score (nSPS) is 20.1. The molecular weight excluding hydrogens is 314 g/mol. The summed E-state index contributed by atoms with van der Waals surface area (Å²) in [6.07, 6.45) is 2.98. The lowest BCUT2D eigenvalue weighted by molar-refractivity contribution is -0.114. The summed E-state index contributed by atoms with van der Waals surface area (Å²) < 4.78 is 5.50. The number of aldehydes is 1. The van der Waals surface area contributed by atoms with Gasteiger partial charge in [-0.1, -0.05) is 60.7 Å². The number of likely N-dealkylation sites (tertiary alicyclic amines) is 1. The molecule has 1 fully saturated rings. The Morgan fingerprint density at radius 2 is 1.68 bits per heavy atom. The van der Waals surface area contributed by atoms with Crippen molar-refractivity contribution in [2.45, 2.75) is 31.9 Å². The average Bonchev–Trinajstić information content (AvgIpc) is 2.68. The molecule has 0 spiro atoms. The number of carbonyl (C=O) groups is 2. The van der Waals surface area contributed by atoms with Crippen molar-refractivity contribution < 1.29 is 14.3 Å². The number of hydrogen-bond acceptors (Lipinski definition) is 3. The van der Waals surface area contributed by atoms with Crippen molar-refractivity contribution in [2.75, 3.05) is 6.54 Å². The molecule has 0 N–H and O–H groups in total. The minimum absolute atomic E-state index is 0.141. The largest absolute Gasteiger partial charge is 0.445 e. The molecule has 0 saturated carbocycles. The van der Waals surface area contributed by atoms with Crippen LogP contribution in [0.3, 0.4) is 0 Å². The molecule has 1 heterocycles. The van der Waals surface area contributed by atoms with Gasteiger partial charge in [0.15, 0.2) is 0 Å². The lowest BCUT2D eigenvalue weighted by atomic mass is 9.86. The molecule has 0 radical (unpaired) electrons. The topological polar surface area (TPSA) is 46.6 Å². The lowest BCUT2D eigenvalue weighted by Gasteiger charge is -2.38. The zero-order valence-corrected chi connectivity index (χ0v) is 14.2. The van der Waals surface area contributed by atoms with Gasteiger partial charge in [-0.3, -0.25) is 0 Å². The van der Waals surface area contributed by atoms with Crippen LogP contribution < -0.4 is 0 Å². The molecule has 1 aliphatic heterocycles. The van der Waals surface area contributed by atoms with Gasteiger partial charge in [0, 0.05) is 18.5 Å². The van der Waals surface area contributed by atoms with Gasteiger partial charge < -0.3 is 14.4 Å². The van der Waals surface area contributed by atoms with E-state index < -0.39 is 0 Å². The summed E-state index contributed by atoms with van der Waals surface area (Å²) in [5.41, 5.74) is 2.08. The van der Waals surface area contributed by atoms with E-state index in [-0.39, 0.29) is 24.7 Å². The highest BCUT2D eigenvalue weighted by Crippen LogP contribution is 2.26. The quantitative estimate of drug-likeness (QED) is 0.779.